The summed E-state index contributed by atoms with van der Waals surface area (Å²) in [5.74, 6) is 1.55. The van der Waals surface area contributed by atoms with Gasteiger partial charge in [-0.25, -0.2) is 0 Å². The van der Waals surface area contributed by atoms with E-state index in [1.54, 1.807) is 5.92 Å². The first-order valence-corrected chi connectivity index (χ1v) is 3.88. The van der Waals surface area contributed by atoms with Crippen LogP contribution in [0.15, 0.2) is 12.2 Å². The summed E-state index contributed by atoms with van der Waals surface area (Å²) in [6.45, 7) is 2.22. The van der Waals surface area contributed by atoms with Gasteiger partial charge in [0.1, 0.15) is 0 Å². The summed E-state index contributed by atoms with van der Waals surface area (Å²) in [5, 5.41) is 0. The molecule has 0 unspecified atom stereocenters. The molecule has 9 heavy (non-hydrogen) atoms. The first-order chi connectivity index (χ1) is 4.39. The minimum Gasteiger partial charge on any atom is -0.0880 e. The Hall–Kier alpha value is -0.260. The van der Waals surface area contributed by atoms with Crippen molar-refractivity contribution >= 4 is 0 Å². The summed E-state index contributed by atoms with van der Waals surface area (Å²) >= 11 is 0. The van der Waals surface area contributed by atoms with Gasteiger partial charge >= 0.3 is 0 Å². The van der Waals surface area contributed by atoms with Crippen LogP contribution in [0.4, 0.5) is 0 Å². The van der Waals surface area contributed by atoms with Crippen molar-refractivity contribution in [3.63, 3.8) is 0 Å². The van der Waals surface area contributed by atoms with E-state index in [2.05, 4.69) is 19.1 Å². The zero-order valence-corrected chi connectivity index (χ0v) is 6.19. The third kappa shape index (κ3) is 2.69. The lowest BCUT2D eigenvalue weighted by atomic mass is 9.98. The predicted molar refractivity (Wildman–Crippen MR) is 41.1 cm³/mol. The average Bonchev–Trinajstić information content (AvgIpc) is 1.79. The molecule has 1 aliphatic carbocycles. The molecule has 0 nitrogen and oxygen atoms in total. The number of rotatable bonds is 0. The van der Waals surface area contributed by atoms with Crippen molar-refractivity contribution in [3.8, 4) is 0 Å². The SMILES string of the molecule is C[C]1/C=C\CCCCC1. The molecule has 0 saturated carbocycles. The molecule has 0 saturated heterocycles. The quantitative estimate of drug-likeness (QED) is 0.464. The van der Waals surface area contributed by atoms with E-state index in [1.165, 1.54) is 32.1 Å². The van der Waals surface area contributed by atoms with Crippen molar-refractivity contribution in [2.75, 3.05) is 0 Å². The summed E-state index contributed by atoms with van der Waals surface area (Å²) in [6, 6.07) is 0. The lowest BCUT2D eigenvalue weighted by Gasteiger charge is -2.07. The maximum atomic E-state index is 2.30. The molecule has 0 N–H and O–H groups in total. The van der Waals surface area contributed by atoms with Gasteiger partial charge in [0.2, 0.25) is 0 Å². The second-order valence-electron chi connectivity index (χ2n) is 2.85. The lowest BCUT2D eigenvalue weighted by molar-refractivity contribution is 0.653. The minimum atomic E-state index is 1.29. The Bertz CT molecular complexity index is 92.2. The van der Waals surface area contributed by atoms with Crippen molar-refractivity contribution in [3.05, 3.63) is 18.1 Å². The van der Waals surface area contributed by atoms with E-state index in [1.807, 2.05) is 0 Å². The van der Waals surface area contributed by atoms with Gasteiger partial charge in [0.15, 0.2) is 0 Å². The van der Waals surface area contributed by atoms with E-state index in [0.717, 1.165) is 0 Å². The van der Waals surface area contributed by atoms with E-state index < -0.39 is 0 Å². The first kappa shape index (κ1) is 6.85. The highest BCUT2D eigenvalue weighted by Gasteiger charge is 1.99. The largest absolute Gasteiger partial charge is 0.0880 e. The zero-order valence-electron chi connectivity index (χ0n) is 6.19. The summed E-state index contributed by atoms with van der Waals surface area (Å²) in [6.07, 6.45) is 11.4. The van der Waals surface area contributed by atoms with E-state index >= 15 is 0 Å². The minimum absolute atomic E-state index is 1.29. The monoisotopic (exact) mass is 123 g/mol. The summed E-state index contributed by atoms with van der Waals surface area (Å²) < 4.78 is 0. The Balaban J connectivity index is 2.30. The Morgan fingerprint density at radius 1 is 1.22 bits per heavy atom. The molecule has 0 heterocycles. The molecule has 1 radical (unpaired) electrons. The molecule has 0 atom stereocenters. The van der Waals surface area contributed by atoms with Gasteiger partial charge in [0.25, 0.3) is 0 Å². The highest BCUT2D eigenvalue weighted by molar-refractivity contribution is 5.07. The van der Waals surface area contributed by atoms with Gasteiger partial charge < -0.3 is 0 Å². The van der Waals surface area contributed by atoms with E-state index in [-0.39, 0.29) is 0 Å². The van der Waals surface area contributed by atoms with Crippen LogP contribution in [0.25, 0.3) is 0 Å². The highest BCUT2D eigenvalue weighted by atomic mass is 14.0. The van der Waals surface area contributed by atoms with Crippen molar-refractivity contribution < 1.29 is 0 Å². The van der Waals surface area contributed by atoms with Gasteiger partial charge in [-0.15, -0.1) is 0 Å². The fourth-order valence-corrected chi connectivity index (χ4v) is 1.21. The number of hydrogen-bond donors (Lipinski definition) is 0. The molecule has 0 fully saturated rings. The van der Waals surface area contributed by atoms with Crippen LogP contribution in [0.3, 0.4) is 0 Å². The maximum absolute atomic E-state index is 2.30. The Morgan fingerprint density at radius 2 is 2.11 bits per heavy atom. The van der Waals surface area contributed by atoms with Gasteiger partial charge in [-0.3, -0.25) is 0 Å². The summed E-state index contributed by atoms with van der Waals surface area (Å²) in [7, 11) is 0. The molecular formula is C9H15. The van der Waals surface area contributed by atoms with E-state index in [4.69, 9.17) is 0 Å². The van der Waals surface area contributed by atoms with Gasteiger partial charge in [0.05, 0.1) is 0 Å². The molecule has 1 rings (SSSR count). The normalized spacial score (nSPS) is 26.8. The van der Waals surface area contributed by atoms with Gasteiger partial charge in [-0.05, 0) is 25.2 Å². The Morgan fingerprint density at radius 3 is 3.00 bits per heavy atom. The fourth-order valence-electron chi connectivity index (χ4n) is 1.21. The van der Waals surface area contributed by atoms with Crippen LogP contribution < -0.4 is 0 Å². The fraction of sp³-hybridized carbons (Fsp3) is 0.667. The molecule has 0 aromatic carbocycles. The molecule has 0 amide bonds. The average molecular weight is 123 g/mol. The van der Waals surface area contributed by atoms with Gasteiger partial charge in [-0.1, -0.05) is 31.9 Å². The highest BCUT2D eigenvalue weighted by Crippen LogP contribution is 2.16. The topological polar surface area (TPSA) is 0 Å². The number of allylic oxidation sites excluding steroid dienone is 2. The predicted octanol–water partition coefficient (Wildman–Crippen LogP) is 3.10. The van der Waals surface area contributed by atoms with Crippen LogP contribution in [0, 0.1) is 5.92 Å². The van der Waals surface area contributed by atoms with Gasteiger partial charge in [0, 0.05) is 0 Å². The smallest absolute Gasteiger partial charge is 0.00583 e. The van der Waals surface area contributed by atoms with Crippen LogP contribution in [0.1, 0.15) is 39.0 Å². The molecule has 0 aliphatic heterocycles. The third-order valence-electron chi connectivity index (χ3n) is 1.84. The standard InChI is InChI=1S/C9H15/c1-9-7-5-3-2-4-6-8-9/h5,7H,2-4,6,8H2,1H3/b7-5-. The molecule has 1 aliphatic rings. The molecule has 0 spiro atoms. The van der Waals surface area contributed by atoms with E-state index in [9.17, 15) is 0 Å². The van der Waals surface area contributed by atoms with Crippen molar-refractivity contribution in [2.45, 2.75) is 39.0 Å². The lowest BCUT2D eigenvalue weighted by Crippen LogP contribution is -1.90. The van der Waals surface area contributed by atoms with Crippen LogP contribution in [0.2, 0.25) is 0 Å². The summed E-state index contributed by atoms with van der Waals surface area (Å²) in [4.78, 5) is 0. The van der Waals surface area contributed by atoms with E-state index in [0.29, 0.717) is 0 Å². The second kappa shape index (κ2) is 3.71. The van der Waals surface area contributed by atoms with Crippen LogP contribution >= 0.6 is 0 Å². The van der Waals surface area contributed by atoms with Crippen LogP contribution in [-0.4, -0.2) is 0 Å². The zero-order chi connectivity index (χ0) is 6.53. The van der Waals surface area contributed by atoms with Crippen molar-refractivity contribution in [2.24, 2.45) is 0 Å². The molecule has 0 heteroatoms. The molecule has 0 bridgehead atoms. The van der Waals surface area contributed by atoms with Crippen LogP contribution in [0.5, 0.6) is 0 Å². The Labute approximate surface area is 58.0 Å². The maximum Gasteiger partial charge on any atom is -0.00583 e. The molecule has 0 aromatic heterocycles. The van der Waals surface area contributed by atoms with Crippen molar-refractivity contribution in [1.29, 1.82) is 0 Å². The Kier molecular flexibility index (Phi) is 2.82. The molecular weight excluding hydrogens is 108 g/mol. The first-order valence-electron chi connectivity index (χ1n) is 3.88. The number of hydrogen-bond acceptors (Lipinski definition) is 0. The second-order valence-corrected chi connectivity index (χ2v) is 2.85. The molecule has 0 aromatic rings. The van der Waals surface area contributed by atoms with Crippen molar-refractivity contribution in [1.82, 2.24) is 0 Å². The van der Waals surface area contributed by atoms with Crippen LogP contribution in [-0.2, 0) is 0 Å². The summed E-state index contributed by atoms with van der Waals surface area (Å²) in [5.41, 5.74) is 0. The van der Waals surface area contributed by atoms with Gasteiger partial charge in [-0.2, -0.15) is 0 Å². The third-order valence-corrected chi connectivity index (χ3v) is 1.84. The molecule has 51 valence electrons.